The summed E-state index contributed by atoms with van der Waals surface area (Å²) in [6, 6.07) is 4.61. The minimum absolute atomic E-state index is 0. The van der Waals surface area contributed by atoms with Crippen LogP contribution in [0.25, 0.3) is 11.3 Å². The second-order valence-electron chi connectivity index (χ2n) is 5.62. The number of pyridine rings is 1. The van der Waals surface area contributed by atoms with E-state index in [0.29, 0.717) is 11.9 Å². The highest BCUT2D eigenvalue weighted by Crippen LogP contribution is 2.28. The van der Waals surface area contributed by atoms with Crippen LogP contribution in [-0.2, 0) is 7.05 Å². The maximum atomic E-state index is 6.01. The summed E-state index contributed by atoms with van der Waals surface area (Å²) >= 11 is 0. The molecule has 0 unspecified atom stereocenters. The Morgan fingerprint density at radius 3 is 2.61 bits per heavy atom. The molecule has 3 N–H and O–H groups in total. The van der Waals surface area contributed by atoms with Crippen LogP contribution in [-0.4, -0.2) is 40.9 Å². The van der Waals surface area contributed by atoms with Crippen molar-refractivity contribution in [2.45, 2.75) is 19.4 Å². The zero-order valence-corrected chi connectivity index (χ0v) is 15.2. The number of halogens is 2. The maximum absolute atomic E-state index is 6.01. The molecule has 2 aromatic heterocycles. The number of hydrogen-bond donors (Lipinski definition) is 2. The molecule has 1 aliphatic heterocycles. The molecule has 1 atom stereocenters. The number of nitrogens with two attached hydrogens (primary N) is 1. The molecular weight excluding hydrogens is 335 g/mol. The number of rotatable bonds is 3. The molecule has 0 bridgehead atoms. The van der Waals surface area contributed by atoms with Gasteiger partial charge in [-0.3, -0.25) is 4.68 Å². The van der Waals surface area contributed by atoms with Crippen molar-refractivity contribution in [2.75, 3.05) is 30.8 Å². The van der Waals surface area contributed by atoms with E-state index in [1.807, 2.05) is 38.0 Å². The van der Waals surface area contributed by atoms with Gasteiger partial charge >= 0.3 is 0 Å². The van der Waals surface area contributed by atoms with Gasteiger partial charge in [0.05, 0.1) is 11.9 Å². The average Bonchev–Trinajstić information content (AvgIpc) is 3.06. The number of aromatic nitrogens is 3. The molecule has 2 aromatic rings. The Hall–Kier alpha value is -1.50. The number of aryl methyl sites for hydroxylation is 1. The summed E-state index contributed by atoms with van der Waals surface area (Å²) < 4.78 is 1.85. The second kappa shape index (κ2) is 7.86. The molecule has 0 saturated carbocycles. The van der Waals surface area contributed by atoms with Crippen LogP contribution in [0, 0.1) is 6.92 Å². The van der Waals surface area contributed by atoms with Crippen LogP contribution in [0.1, 0.15) is 12.1 Å². The Kier molecular flexibility index (Phi) is 6.68. The van der Waals surface area contributed by atoms with Crippen molar-refractivity contribution >= 4 is 36.3 Å². The number of nitrogen functional groups attached to an aromatic ring is 1. The fourth-order valence-electron chi connectivity index (χ4n) is 2.84. The minimum atomic E-state index is 0. The normalized spacial score (nSPS) is 16.8. The highest BCUT2D eigenvalue weighted by Gasteiger charge is 2.22. The van der Waals surface area contributed by atoms with E-state index in [9.17, 15) is 0 Å². The summed E-state index contributed by atoms with van der Waals surface area (Å²) in [4.78, 5) is 6.83. The van der Waals surface area contributed by atoms with Gasteiger partial charge in [-0.15, -0.1) is 24.8 Å². The Morgan fingerprint density at radius 2 is 2.04 bits per heavy atom. The van der Waals surface area contributed by atoms with Crippen molar-refractivity contribution in [3.63, 3.8) is 0 Å². The van der Waals surface area contributed by atoms with Gasteiger partial charge in [0.25, 0.3) is 0 Å². The number of nitrogens with zero attached hydrogens (tertiary/aromatic N) is 4. The monoisotopic (exact) mass is 358 g/mol. The van der Waals surface area contributed by atoms with E-state index in [0.717, 1.165) is 42.1 Å². The molecule has 1 saturated heterocycles. The first-order valence-corrected chi connectivity index (χ1v) is 7.27. The van der Waals surface area contributed by atoms with E-state index >= 15 is 0 Å². The second-order valence-corrected chi connectivity index (χ2v) is 5.62. The quantitative estimate of drug-likeness (QED) is 0.877. The largest absolute Gasteiger partial charge is 0.384 e. The first-order chi connectivity index (χ1) is 10.1. The van der Waals surface area contributed by atoms with Crippen molar-refractivity contribution in [3.05, 3.63) is 24.0 Å². The molecule has 0 amide bonds. The van der Waals surface area contributed by atoms with Gasteiger partial charge in [0, 0.05) is 49.2 Å². The van der Waals surface area contributed by atoms with Gasteiger partial charge < -0.3 is 16.0 Å². The number of anilines is 2. The van der Waals surface area contributed by atoms with E-state index in [2.05, 4.69) is 26.4 Å². The van der Waals surface area contributed by atoms with Gasteiger partial charge in [0.15, 0.2) is 0 Å². The molecule has 23 heavy (non-hydrogen) atoms. The van der Waals surface area contributed by atoms with Gasteiger partial charge in [-0.1, -0.05) is 0 Å². The molecular formula is C15H24Cl2N6. The topological polar surface area (TPSA) is 72.0 Å². The van der Waals surface area contributed by atoms with Crippen LogP contribution in [0.5, 0.6) is 0 Å². The Balaban J connectivity index is 0.00000132. The lowest BCUT2D eigenvalue weighted by Crippen LogP contribution is -2.29. The van der Waals surface area contributed by atoms with Crippen molar-refractivity contribution < 1.29 is 0 Å². The summed E-state index contributed by atoms with van der Waals surface area (Å²) in [5.41, 5.74) is 10.2. The van der Waals surface area contributed by atoms with Crippen molar-refractivity contribution in [3.8, 4) is 11.3 Å². The Bertz CT molecular complexity index is 657. The van der Waals surface area contributed by atoms with Crippen LogP contribution in [0.2, 0.25) is 0 Å². The van der Waals surface area contributed by atoms with Crippen LogP contribution in [0.4, 0.5) is 11.5 Å². The fourth-order valence-corrected chi connectivity index (χ4v) is 2.84. The molecule has 128 valence electrons. The predicted molar refractivity (Wildman–Crippen MR) is 99.8 cm³/mol. The first kappa shape index (κ1) is 19.5. The van der Waals surface area contributed by atoms with Crippen LogP contribution < -0.4 is 16.0 Å². The predicted octanol–water partition coefficient (Wildman–Crippen LogP) is 2.01. The zero-order chi connectivity index (χ0) is 15.0. The lowest BCUT2D eigenvalue weighted by atomic mass is 10.1. The van der Waals surface area contributed by atoms with Crippen LogP contribution >= 0.6 is 24.8 Å². The first-order valence-electron chi connectivity index (χ1n) is 7.27. The third-order valence-electron chi connectivity index (χ3n) is 4.30. The molecule has 1 aliphatic rings. The third-order valence-corrected chi connectivity index (χ3v) is 4.30. The van der Waals surface area contributed by atoms with E-state index in [1.54, 1.807) is 0 Å². The summed E-state index contributed by atoms with van der Waals surface area (Å²) in [5, 5.41) is 7.62. The lowest BCUT2D eigenvalue weighted by molar-refractivity contribution is 0.617. The van der Waals surface area contributed by atoms with Gasteiger partial charge in [-0.2, -0.15) is 5.10 Å². The zero-order valence-electron chi connectivity index (χ0n) is 13.6. The summed E-state index contributed by atoms with van der Waals surface area (Å²) in [6.07, 6.45) is 3.00. The fraction of sp³-hybridized carbons (Fsp3) is 0.467. The minimum Gasteiger partial charge on any atom is -0.384 e. The Labute approximate surface area is 149 Å². The van der Waals surface area contributed by atoms with Crippen molar-refractivity contribution in [2.24, 2.45) is 7.05 Å². The van der Waals surface area contributed by atoms with Gasteiger partial charge in [0.2, 0.25) is 0 Å². The molecule has 0 radical (unpaired) electrons. The van der Waals surface area contributed by atoms with Crippen molar-refractivity contribution in [1.29, 1.82) is 0 Å². The number of hydrogen-bond acceptors (Lipinski definition) is 5. The van der Waals surface area contributed by atoms with E-state index in [4.69, 9.17) is 5.73 Å². The van der Waals surface area contributed by atoms with E-state index < -0.39 is 0 Å². The molecule has 1 fully saturated rings. The van der Waals surface area contributed by atoms with Gasteiger partial charge in [-0.05, 0) is 26.5 Å². The van der Waals surface area contributed by atoms with Crippen LogP contribution in [0.3, 0.4) is 0 Å². The molecule has 0 spiro atoms. The summed E-state index contributed by atoms with van der Waals surface area (Å²) in [7, 11) is 3.95. The molecule has 0 aromatic carbocycles. The molecule has 0 aliphatic carbocycles. The molecule has 3 heterocycles. The highest BCUT2D eigenvalue weighted by atomic mass is 35.5. The smallest absolute Gasteiger partial charge is 0.126 e. The highest BCUT2D eigenvalue weighted by molar-refractivity contribution is 5.85. The lowest BCUT2D eigenvalue weighted by Gasteiger charge is -2.19. The number of nitrogens with one attached hydrogen (secondary N) is 1. The van der Waals surface area contributed by atoms with Crippen LogP contribution in [0.15, 0.2) is 18.3 Å². The SMILES string of the molecule is CN[C@@H]1CCN(c2cc(N)nc(-c3cnn(C)c3C)c2)C1.Cl.Cl. The molecule has 6 nitrogen and oxygen atoms in total. The van der Waals surface area contributed by atoms with E-state index in [-0.39, 0.29) is 24.8 Å². The van der Waals surface area contributed by atoms with Gasteiger partial charge in [-0.25, -0.2) is 4.98 Å². The third kappa shape index (κ3) is 3.88. The standard InChI is InChI=1S/C15H22N6.2ClH/c1-10-13(8-18-20(10)3)14-6-12(7-15(16)19-14)21-5-4-11(9-21)17-2;;/h6-8,11,17H,4-5,9H2,1-3H3,(H2,16,19);2*1H/t11-;;/m1../s1. The van der Waals surface area contributed by atoms with Crippen molar-refractivity contribution in [1.82, 2.24) is 20.1 Å². The average molecular weight is 359 g/mol. The van der Waals surface area contributed by atoms with Gasteiger partial charge in [0.1, 0.15) is 5.82 Å². The number of likely N-dealkylation sites (N-methyl/N-ethyl adjacent to an activating group) is 1. The molecule has 3 rings (SSSR count). The Morgan fingerprint density at radius 1 is 1.30 bits per heavy atom. The maximum Gasteiger partial charge on any atom is 0.126 e. The summed E-state index contributed by atoms with van der Waals surface area (Å²) in [6.45, 7) is 4.09. The summed E-state index contributed by atoms with van der Waals surface area (Å²) in [5.74, 6) is 0.554. The molecule has 8 heteroatoms. The van der Waals surface area contributed by atoms with E-state index in [1.165, 1.54) is 0 Å².